The molecule has 3 aliphatic carbocycles. The fourth-order valence-corrected chi connectivity index (χ4v) is 5.00. The predicted molar refractivity (Wildman–Crippen MR) is 169 cm³/mol. The van der Waals surface area contributed by atoms with E-state index in [-0.39, 0.29) is 34.7 Å². The molecule has 0 aromatic heterocycles. The summed E-state index contributed by atoms with van der Waals surface area (Å²) in [6.07, 6.45) is 7.86. The summed E-state index contributed by atoms with van der Waals surface area (Å²) in [6, 6.07) is 31.1. The number of ketones is 6. The molecule has 0 atom stereocenters. The molecule has 0 saturated heterocycles. The van der Waals surface area contributed by atoms with E-state index in [0.717, 1.165) is 0 Å². The van der Waals surface area contributed by atoms with Crippen LogP contribution >= 0.6 is 0 Å². The van der Waals surface area contributed by atoms with Crippen LogP contribution < -0.4 is 0 Å². The van der Waals surface area contributed by atoms with Crippen LogP contribution in [0.5, 0.6) is 0 Å². The fourth-order valence-electron chi connectivity index (χ4n) is 4.33. The number of carbonyl (C=O) groups is 6. The first kappa shape index (κ1) is 31.8. The number of allylic oxidation sites excluding steroid dienone is 6. The number of fused-ring (bicyclic) bond motifs is 3. The summed E-state index contributed by atoms with van der Waals surface area (Å²) in [7, 11) is 0. The van der Waals surface area contributed by atoms with Gasteiger partial charge in [-0.3, -0.25) is 28.8 Å². The van der Waals surface area contributed by atoms with Crippen LogP contribution in [-0.2, 0) is 4.44 Å². The van der Waals surface area contributed by atoms with Crippen molar-refractivity contribution in [3.05, 3.63) is 179 Å². The van der Waals surface area contributed by atoms with Gasteiger partial charge in [-0.15, -0.1) is 0 Å². The van der Waals surface area contributed by atoms with Gasteiger partial charge < -0.3 is 0 Å². The zero-order valence-corrected chi connectivity index (χ0v) is 26.3. The van der Waals surface area contributed by atoms with E-state index in [9.17, 15) is 28.8 Å². The van der Waals surface area contributed by atoms with Crippen molar-refractivity contribution in [3.8, 4) is 0 Å². The van der Waals surface area contributed by atoms with E-state index in [1.807, 2.05) is 0 Å². The van der Waals surface area contributed by atoms with Gasteiger partial charge in [0.15, 0.2) is 34.7 Å². The van der Waals surface area contributed by atoms with Gasteiger partial charge in [0.05, 0.1) is 0 Å². The molecule has 0 fully saturated rings. The van der Waals surface area contributed by atoms with Crippen molar-refractivity contribution in [2.24, 2.45) is 0 Å². The molecule has 0 heterocycles. The third-order valence-electron chi connectivity index (χ3n) is 6.58. The maximum atomic E-state index is 11.2. The third-order valence-corrected chi connectivity index (χ3v) is 7.74. The van der Waals surface area contributed by atoms with E-state index in [1.54, 1.807) is 95.3 Å². The molecule has 44 heavy (non-hydrogen) atoms. The summed E-state index contributed by atoms with van der Waals surface area (Å²) in [5.41, 5.74) is 4.48. The van der Waals surface area contributed by atoms with E-state index in [4.69, 9.17) is 0 Å². The van der Waals surface area contributed by atoms with Crippen LogP contribution in [0.15, 0.2) is 140 Å². The van der Waals surface area contributed by atoms with Crippen LogP contribution in [0, 0.1) is 0 Å². The summed E-state index contributed by atoms with van der Waals surface area (Å²) in [4.78, 5) is 67.2. The zero-order valence-electron chi connectivity index (χ0n) is 23.4. The zero-order chi connectivity index (χ0) is 31.5. The van der Waals surface area contributed by atoms with E-state index >= 15 is 0 Å². The number of rotatable bonds is 1. The molecule has 0 aliphatic heterocycles. The molecular formula is C37H25O6Sn. The standard InChI is InChI=1S/3C10H6O2.C7H7.Sn/c3*11-9-5-6-10(12)8-4-2-1-3-7(8)9;1-7-5-3-2-4-6-7;/h3*1-6H;2-6H,1H2;. The normalized spacial score (nSPS) is 13.7. The predicted octanol–water partition coefficient (Wildman–Crippen LogP) is 6.22. The topological polar surface area (TPSA) is 102 Å². The monoisotopic (exact) mass is 685 g/mol. The molecule has 213 valence electrons. The number of hydrogen-bond donors (Lipinski definition) is 0. The molecular weight excluding hydrogens is 659 g/mol. The van der Waals surface area contributed by atoms with E-state index < -0.39 is 0 Å². The van der Waals surface area contributed by atoms with Crippen LogP contribution in [0.4, 0.5) is 0 Å². The Morgan fingerprint density at radius 2 is 0.523 bits per heavy atom. The average molecular weight is 684 g/mol. The van der Waals surface area contributed by atoms with Crippen LogP contribution in [0.3, 0.4) is 0 Å². The molecule has 0 spiro atoms. The summed E-state index contributed by atoms with van der Waals surface area (Å²) < 4.78 is 1.23. The van der Waals surface area contributed by atoms with Crippen molar-refractivity contribution in [1.29, 1.82) is 0 Å². The molecule has 4 aromatic rings. The van der Waals surface area contributed by atoms with Gasteiger partial charge in [0.1, 0.15) is 0 Å². The fraction of sp³-hybridized carbons (Fsp3) is 0.0270. The van der Waals surface area contributed by atoms with Crippen molar-refractivity contribution in [1.82, 2.24) is 0 Å². The van der Waals surface area contributed by atoms with E-state index in [0.29, 0.717) is 33.4 Å². The van der Waals surface area contributed by atoms with Crippen LogP contribution in [0.1, 0.15) is 67.7 Å². The van der Waals surface area contributed by atoms with Gasteiger partial charge in [0, 0.05) is 33.4 Å². The Morgan fingerprint density at radius 1 is 0.318 bits per heavy atom. The maximum absolute atomic E-state index is 11.2. The van der Waals surface area contributed by atoms with E-state index in [1.165, 1.54) is 46.5 Å². The Balaban J connectivity index is 0.000000135. The Morgan fingerprint density at radius 3 is 0.705 bits per heavy atom. The molecule has 4 aromatic carbocycles. The van der Waals surface area contributed by atoms with Gasteiger partial charge >= 0.3 is 62.9 Å². The summed E-state index contributed by atoms with van der Waals surface area (Å²) in [5, 5.41) is 0. The van der Waals surface area contributed by atoms with Crippen molar-refractivity contribution >= 4 is 57.2 Å². The van der Waals surface area contributed by atoms with Gasteiger partial charge in [-0.1, -0.05) is 72.8 Å². The van der Waals surface area contributed by atoms with Gasteiger partial charge in [-0.25, -0.2) is 0 Å². The van der Waals surface area contributed by atoms with Crippen molar-refractivity contribution in [3.63, 3.8) is 0 Å². The summed E-state index contributed by atoms with van der Waals surface area (Å²) >= 11 is 1.59. The second-order valence-corrected chi connectivity index (χ2v) is 10.5. The molecule has 6 nitrogen and oxygen atoms in total. The Kier molecular flexibility index (Phi) is 11.2. The van der Waals surface area contributed by atoms with Crippen LogP contribution in [0.2, 0.25) is 0 Å². The SMILES string of the molecule is O=C1C=CC(=O)c2ccccc21.O=C1C=CC(=O)c2ccccc21.O=C1C=CC(=O)c2ccccc21.[Sn][CH2]c1ccccc1. The Hall–Kier alpha value is -5.08. The first-order valence-corrected chi connectivity index (χ1v) is 15.6. The van der Waals surface area contributed by atoms with Gasteiger partial charge in [0.25, 0.3) is 0 Å². The third kappa shape index (κ3) is 8.05. The summed E-state index contributed by atoms with van der Waals surface area (Å²) in [5.74, 6) is -0.554. The molecule has 0 N–H and O–H groups in total. The van der Waals surface area contributed by atoms with Gasteiger partial charge in [0.2, 0.25) is 0 Å². The van der Waals surface area contributed by atoms with Crippen molar-refractivity contribution < 1.29 is 28.8 Å². The van der Waals surface area contributed by atoms with Gasteiger partial charge in [-0.2, -0.15) is 0 Å². The molecule has 0 unspecified atom stereocenters. The number of hydrogen-bond acceptors (Lipinski definition) is 6. The van der Waals surface area contributed by atoms with Crippen LogP contribution in [-0.4, -0.2) is 57.2 Å². The van der Waals surface area contributed by atoms with E-state index in [2.05, 4.69) is 30.3 Å². The molecule has 0 saturated carbocycles. The summed E-state index contributed by atoms with van der Waals surface area (Å²) in [6.45, 7) is 0. The first-order valence-electron chi connectivity index (χ1n) is 13.6. The van der Waals surface area contributed by atoms with Crippen molar-refractivity contribution in [2.45, 2.75) is 4.44 Å². The molecule has 0 bridgehead atoms. The molecule has 3 radical (unpaired) electrons. The Bertz CT molecular complexity index is 1550. The Labute approximate surface area is 267 Å². The van der Waals surface area contributed by atoms with Crippen molar-refractivity contribution in [2.75, 3.05) is 0 Å². The minimum atomic E-state index is -0.0924. The molecule has 0 amide bonds. The quantitative estimate of drug-likeness (QED) is 0.221. The molecule has 3 aliphatic rings. The first-order chi connectivity index (χ1) is 21.3. The van der Waals surface area contributed by atoms with Crippen LogP contribution in [0.25, 0.3) is 0 Å². The minimum absolute atomic E-state index is 0.0924. The second kappa shape index (κ2) is 15.4. The number of carbonyl (C=O) groups excluding carboxylic acids is 6. The second-order valence-electron chi connectivity index (χ2n) is 9.48. The average Bonchev–Trinajstić information content (AvgIpc) is 3.08. The van der Waals surface area contributed by atoms with Gasteiger partial charge in [-0.05, 0) is 36.5 Å². The number of benzene rings is 4. The molecule has 7 heteroatoms. The molecule has 7 rings (SSSR count).